The van der Waals surface area contributed by atoms with Crippen molar-refractivity contribution in [3.05, 3.63) is 40.9 Å². The second-order valence-corrected chi connectivity index (χ2v) is 3.68. The first-order valence-corrected chi connectivity index (χ1v) is 4.96. The van der Waals surface area contributed by atoms with E-state index < -0.39 is 0 Å². The van der Waals surface area contributed by atoms with Gasteiger partial charge in [-0.05, 0) is 18.2 Å². The Hall–Kier alpha value is -1.09. The van der Waals surface area contributed by atoms with Gasteiger partial charge in [-0.25, -0.2) is 0 Å². The van der Waals surface area contributed by atoms with Crippen LogP contribution < -0.4 is 4.74 Å². The van der Waals surface area contributed by atoms with E-state index in [4.69, 9.17) is 4.74 Å². The van der Waals surface area contributed by atoms with Crippen molar-refractivity contribution < 1.29 is 9.53 Å². The molecule has 0 bridgehead atoms. The van der Waals surface area contributed by atoms with Gasteiger partial charge < -0.3 is 4.74 Å². The molecule has 0 spiro atoms. The molecule has 1 aromatic carbocycles. The highest BCUT2D eigenvalue weighted by Gasteiger charge is 2.10. The van der Waals surface area contributed by atoms with Crippen LogP contribution in [0.25, 0.3) is 0 Å². The highest BCUT2D eigenvalue weighted by molar-refractivity contribution is 9.10. The van der Waals surface area contributed by atoms with Crippen LogP contribution in [0.15, 0.2) is 35.3 Å². The van der Waals surface area contributed by atoms with Crippen LogP contribution in [-0.4, -0.2) is 12.9 Å². The van der Waals surface area contributed by atoms with E-state index in [2.05, 4.69) is 22.5 Å². The molecule has 0 saturated heterocycles. The minimum atomic E-state index is 0.0179. The summed E-state index contributed by atoms with van der Waals surface area (Å²) >= 11 is 3.31. The van der Waals surface area contributed by atoms with E-state index in [0.717, 1.165) is 4.47 Å². The van der Waals surface area contributed by atoms with Crippen molar-refractivity contribution >= 4 is 21.7 Å². The van der Waals surface area contributed by atoms with Gasteiger partial charge in [0.1, 0.15) is 5.75 Å². The Labute approximate surface area is 91.7 Å². The lowest BCUT2D eigenvalue weighted by atomic mass is 10.1. The van der Waals surface area contributed by atoms with Crippen molar-refractivity contribution in [3.8, 4) is 5.75 Å². The van der Waals surface area contributed by atoms with E-state index >= 15 is 0 Å². The molecule has 74 valence electrons. The second kappa shape index (κ2) is 4.96. The Morgan fingerprint density at radius 3 is 2.93 bits per heavy atom. The van der Waals surface area contributed by atoms with Crippen LogP contribution in [0.3, 0.4) is 0 Å². The molecule has 0 saturated carbocycles. The van der Waals surface area contributed by atoms with Crippen molar-refractivity contribution in [2.75, 3.05) is 7.11 Å². The van der Waals surface area contributed by atoms with Crippen LogP contribution in [-0.2, 0) is 0 Å². The fourth-order valence-corrected chi connectivity index (χ4v) is 1.48. The van der Waals surface area contributed by atoms with Crippen LogP contribution in [0.1, 0.15) is 16.8 Å². The fraction of sp³-hybridized carbons (Fsp3) is 0.182. The van der Waals surface area contributed by atoms with Crippen molar-refractivity contribution in [1.82, 2.24) is 0 Å². The van der Waals surface area contributed by atoms with Crippen LogP contribution in [0.5, 0.6) is 5.75 Å². The molecule has 1 rings (SSSR count). The molecule has 1 aromatic rings. The zero-order valence-electron chi connectivity index (χ0n) is 7.92. The summed E-state index contributed by atoms with van der Waals surface area (Å²) < 4.78 is 6.00. The number of allylic oxidation sites excluding steroid dienone is 1. The van der Waals surface area contributed by atoms with Gasteiger partial charge in [0.2, 0.25) is 0 Å². The molecule has 0 unspecified atom stereocenters. The number of methoxy groups -OCH3 is 1. The normalized spacial score (nSPS) is 9.57. The Kier molecular flexibility index (Phi) is 3.89. The van der Waals surface area contributed by atoms with Gasteiger partial charge in [0.05, 0.1) is 12.7 Å². The quantitative estimate of drug-likeness (QED) is 0.610. The van der Waals surface area contributed by atoms with Crippen LogP contribution in [0, 0.1) is 0 Å². The summed E-state index contributed by atoms with van der Waals surface area (Å²) in [6.07, 6.45) is 1.92. The maximum Gasteiger partial charge on any atom is 0.170 e. The van der Waals surface area contributed by atoms with Crippen molar-refractivity contribution in [3.63, 3.8) is 0 Å². The maximum absolute atomic E-state index is 11.6. The zero-order valence-corrected chi connectivity index (χ0v) is 9.50. The maximum atomic E-state index is 11.6. The van der Waals surface area contributed by atoms with E-state index in [1.165, 1.54) is 0 Å². The van der Waals surface area contributed by atoms with E-state index in [1.807, 2.05) is 6.07 Å². The van der Waals surface area contributed by atoms with Gasteiger partial charge in [0.25, 0.3) is 0 Å². The molecule has 0 atom stereocenters. The Balaban J connectivity index is 3.07. The summed E-state index contributed by atoms with van der Waals surface area (Å²) in [7, 11) is 1.55. The molecule has 0 N–H and O–H groups in total. The van der Waals surface area contributed by atoms with Gasteiger partial charge >= 0.3 is 0 Å². The first-order valence-electron chi connectivity index (χ1n) is 4.16. The first-order chi connectivity index (χ1) is 6.69. The zero-order chi connectivity index (χ0) is 10.6. The Morgan fingerprint density at radius 1 is 1.64 bits per heavy atom. The summed E-state index contributed by atoms with van der Waals surface area (Å²) in [5, 5.41) is 0. The lowest BCUT2D eigenvalue weighted by molar-refractivity contribution is 0.0993. The van der Waals surface area contributed by atoms with Gasteiger partial charge in [0.15, 0.2) is 5.78 Å². The lowest BCUT2D eigenvalue weighted by Crippen LogP contribution is -2.00. The van der Waals surface area contributed by atoms with Gasteiger partial charge in [-0.1, -0.05) is 22.0 Å². The number of hydrogen-bond acceptors (Lipinski definition) is 2. The highest BCUT2D eigenvalue weighted by atomic mass is 79.9. The molecule has 0 aliphatic heterocycles. The summed E-state index contributed by atoms with van der Waals surface area (Å²) in [5.41, 5.74) is 0.593. The molecular formula is C11H11BrO2. The monoisotopic (exact) mass is 254 g/mol. The average molecular weight is 255 g/mol. The third kappa shape index (κ3) is 2.45. The number of ketones is 1. The van der Waals surface area contributed by atoms with Crippen LogP contribution >= 0.6 is 15.9 Å². The summed E-state index contributed by atoms with van der Waals surface area (Å²) in [5.74, 6) is 0.607. The number of Topliss-reactive ketones (excluding diaryl/α,β-unsaturated/α-hetero) is 1. The smallest absolute Gasteiger partial charge is 0.170 e. The van der Waals surface area contributed by atoms with E-state index in [1.54, 1.807) is 25.3 Å². The molecule has 2 nitrogen and oxygen atoms in total. The number of carbonyl (C=O) groups is 1. The number of carbonyl (C=O) groups excluding carboxylic acids is 1. The number of hydrogen-bond donors (Lipinski definition) is 0. The SMILES string of the molecule is C=CCC(=O)c1ccc(Br)cc1OC. The van der Waals surface area contributed by atoms with Gasteiger partial charge in [-0.15, -0.1) is 6.58 Å². The largest absolute Gasteiger partial charge is 0.496 e. The summed E-state index contributed by atoms with van der Waals surface area (Å²) in [4.78, 5) is 11.6. The minimum absolute atomic E-state index is 0.0179. The third-order valence-electron chi connectivity index (χ3n) is 1.79. The fourth-order valence-electron chi connectivity index (χ4n) is 1.14. The van der Waals surface area contributed by atoms with Crippen LogP contribution in [0.4, 0.5) is 0 Å². The van der Waals surface area contributed by atoms with Crippen LogP contribution in [0.2, 0.25) is 0 Å². The highest BCUT2D eigenvalue weighted by Crippen LogP contribution is 2.24. The molecule has 0 fully saturated rings. The topological polar surface area (TPSA) is 26.3 Å². The average Bonchev–Trinajstić information content (AvgIpc) is 2.17. The molecule has 0 aromatic heterocycles. The molecule has 3 heteroatoms. The molecule has 0 aliphatic rings. The van der Waals surface area contributed by atoms with Crippen molar-refractivity contribution in [2.24, 2.45) is 0 Å². The van der Waals surface area contributed by atoms with E-state index in [-0.39, 0.29) is 5.78 Å². The van der Waals surface area contributed by atoms with E-state index in [9.17, 15) is 4.79 Å². The molecule has 0 radical (unpaired) electrons. The van der Waals surface area contributed by atoms with Crippen molar-refractivity contribution in [2.45, 2.75) is 6.42 Å². The van der Waals surface area contributed by atoms with E-state index in [0.29, 0.717) is 17.7 Å². The third-order valence-corrected chi connectivity index (χ3v) is 2.29. The van der Waals surface area contributed by atoms with Gasteiger partial charge in [-0.3, -0.25) is 4.79 Å². The summed E-state index contributed by atoms with van der Waals surface area (Å²) in [6.45, 7) is 3.53. The molecule has 14 heavy (non-hydrogen) atoms. The molecule has 0 aliphatic carbocycles. The number of rotatable bonds is 4. The number of ether oxygens (including phenoxy) is 1. The standard InChI is InChI=1S/C11H11BrO2/c1-3-4-10(13)9-6-5-8(12)7-11(9)14-2/h3,5-7H,1,4H2,2H3. The second-order valence-electron chi connectivity index (χ2n) is 2.76. The first kappa shape index (κ1) is 11.0. The number of halogens is 1. The minimum Gasteiger partial charge on any atom is -0.496 e. The Bertz CT molecular complexity index is 358. The molecule has 0 heterocycles. The molecular weight excluding hydrogens is 244 g/mol. The van der Waals surface area contributed by atoms with Crippen molar-refractivity contribution in [1.29, 1.82) is 0 Å². The lowest BCUT2D eigenvalue weighted by Gasteiger charge is -2.06. The molecule has 0 amide bonds. The summed E-state index contributed by atoms with van der Waals surface area (Å²) in [6, 6.07) is 5.34. The Morgan fingerprint density at radius 2 is 2.36 bits per heavy atom. The number of benzene rings is 1. The van der Waals surface area contributed by atoms with Gasteiger partial charge in [0, 0.05) is 10.9 Å². The predicted octanol–water partition coefficient (Wildman–Crippen LogP) is 3.22. The predicted molar refractivity (Wildman–Crippen MR) is 59.8 cm³/mol. The van der Waals surface area contributed by atoms with Gasteiger partial charge in [-0.2, -0.15) is 0 Å².